The zero-order valence-corrected chi connectivity index (χ0v) is 13.8. The highest BCUT2D eigenvalue weighted by Gasteiger charge is 2.22. The number of hydrogen-bond acceptors (Lipinski definition) is 3. The van der Waals surface area contributed by atoms with Crippen molar-refractivity contribution >= 4 is 37.3 Å². The second-order valence-electron chi connectivity index (χ2n) is 4.26. The van der Waals surface area contributed by atoms with E-state index in [1.54, 1.807) is 30.5 Å². The van der Waals surface area contributed by atoms with Gasteiger partial charge >= 0.3 is 0 Å². The second-order valence-corrected chi connectivity index (χ2v) is 8.18. The van der Waals surface area contributed by atoms with Crippen molar-refractivity contribution in [2.24, 2.45) is 0 Å². The number of thiophene rings is 1. The number of sulfonamides is 1. The summed E-state index contributed by atoms with van der Waals surface area (Å²) in [6.07, 6.45) is 0. The smallest absolute Gasteiger partial charge is 0.207 e. The first-order valence-electron chi connectivity index (χ1n) is 5.66. The van der Waals surface area contributed by atoms with E-state index < -0.39 is 10.0 Å². The first kappa shape index (κ1) is 14.7. The van der Waals surface area contributed by atoms with Crippen molar-refractivity contribution in [2.45, 2.75) is 18.4 Å². The van der Waals surface area contributed by atoms with E-state index in [2.05, 4.69) is 15.9 Å². The molecule has 2 rings (SSSR count). The Morgan fingerprint density at radius 3 is 2.58 bits per heavy atom. The quantitative estimate of drug-likeness (QED) is 0.835. The molecule has 1 heterocycles. The lowest BCUT2D eigenvalue weighted by atomic mass is 10.2. The molecule has 0 saturated carbocycles. The molecule has 0 bridgehead atoms. The molecule has 0 amide bonds. The summed E-state index contributed by atoms with van der Waals surface area (Å²) < 4.78 is 27.3. The van der Waals surface area contributed by atoms with Crippen LogP contribution in [-0.4, -0.2) is 19.8 Å². The van der Waals surface area contributed by atoms with Gasteiger partial charge in [0.2, 0.25) is 10.0 Å². The predicted molar refractivity (Wildman–Crippen MR) is 81.9 cm³/mol. The van der Waals surface area contributed by atoms with Crippen molar-refractivity contribution in [3.05, 3.63) is 50.6 Å². The fourth-order valence-electron chi connectivity index (χ4n) is 1.75. The average molecular weight is 360 g/mol. The van der Waals surface area contributed by atoms with Crippen molar-refractivity contribution in [2.75, 3.05) is 7.05 Å². The molecule has 0 spiro atoms. The summed E-state index contributed by atoms with van der Waals surface area (Å²) in [5, 5.41) is 1.95. The molecule has 0 aliphatic heterocycles. The monoisotopic (exact) mass is 359 g/mol. The summed E-state index contributed by atoms with van der Waals surface area (Å²) in [5.41, 5.74) is 0.765. The molecular weight excluding hydrogens is 346 g/mol. The van der Waals surface area contributed by atoms with Crippen LogP contribution in [0.25, 0.3) is 0 Å². The minimum Gasteiger partial charge on any atom is -0.207 e. The molecule has 0 aliphatic rings. The fraction of sp³-hybridized carbons (Fsp3) is 0.231. The third kappa shape index (κ3) is 3.25. The minimum absolute atomic E-state index is 0.369. The van der Waals surface area contributed by atoms with Crippen LogP contribution in [0.5, 0.6) is 0 Å². The van der Waals surface area contributed by atoms with Gasteiger partial charge in [0.15, 0.2) is 0 Å². The highest BCUT2D eigenvalue weighted by atomic mass is 79.9. The molecule has 0 unspecified atom stereocenters. The number of nitrogens with zero attached hydrogens (tertiary/aromatic N) is 1. The van der Waals surface area contributed by atoms with E-state index in [0.717, 1.165) is 14.9 Å². The summed E-state index contributed by atoms with van der Waals surface area (Å²) in [5.74, 6) is 0. The van der Waals surface area contributed by atoms with Crippen molar-refractivity contribution in [1.29, 1.82) is 0 Å². The van der Waals surface area contributed by atoms with Crippen molar-refractivity contribution in [1.82, 2.24) is 4.31 Å². The molecule has 0 atom stereocenters. The van der Waals surface area contributed by atoms with Gasteiger partial charge in [-0.25, -0.2) is 8.42 Å². The minimum atomic E-state index is -3.43. The van der Waals surface area contributed by atoms with E-state index in [1.807, 2.05) is 30.5 Å². The Hall–Kier alpha value is -0.690. The average Bonchev–Trinajstić information content (AvgIpc) is 2.75. The second kappa shape index (κ2) is 5.75. The lowest BCUT2D eigenvalue weighted by molar-refractivity contribution is 0.469. The van der Waals surface area contributed by atoms with Gasteiger partial charge < -0.3 is 0 Å². The number of aryl methyl sites for hydroxylation is 1. The Kier molecular flexibility index (Phi) is 4.45. The van der Waals surface area contributed by atoms with Crippen LogP contribution in [0.2, 0.25) is 0 Å². The summed E-state index contributed by atoms with van der Waals surface area (Å²) in [7, 11) is -1.83. The van der Waals surface area contributed by atoms with Crippen LogP contribution in [0.15, 0.2) is 45.1 Å². The molecule has 0 fully saturated rings. The Balaban J connectivity index is 2.27. The SMILES string of the molecule is Cc1ccccc1S(=O)(=O)N(C)Cc1cc(Br)cs1. The molecule has 0 N–H and O–H groups in total. The first-order chi connectivity index (χ1) is 8.91. The van der Waals surface area contributed by atoms with Gasteiger partial charge in [0.05, 0.1) is 4.90 Å². The lowest BCUT2D eigenvalue weighted by Crippen LogP contribution is -2.26. The van der Waals surface area contributed by atoms with Crippen LogP contribution in [-0.2, 0) is 16.6 Å². The van der Waals surface area contributed by atoms with E-state index in [0.29, 0.717) is 11.4 Å². The summed E-state index contributed by atoms with van der Waals surface area (Å²) in [4.78, 5) is 1.37. The van der Waals surface area contributed by atoms with Gasteiger partial charge in [-0.1, -0.05) is 18.2 Å². The summed E-state index contributed by atoms with van der Waals surface area (Å²) in [6, 6.07) is 8.97. The molecule has 102 valence electrons. The van der Waals surface area contributed by atoms with Gasteiger partial charge in [0.1, 0.15) is 0 Å². The maximum atomic E-state index is 12.5. The lowest BCUT2D eigenvalue weighted by Gasteiger charge is -2.17. The number of halogens is 1. The van der Waals surface area contributed by atoms with Crippen LogP contribution in [0.4, 0.5) is 0 Å². The van der Waals surface area contributed by atoms with Crippen LogP contribution >= 0.6 is 27.3 Å². The summed E-state index contributed by atoms with van der Waals surface area (Å²) >= 11 is 4.91. The third-order valence-corrected chi connectivity index (χ3v) is 6.43. The fourth-order valence-corrected chi connectivity index (χ4v) is 4.71. The van der Waals surface area contributed by atoms with Gasteiger partial charge in [-0.2, -0.15) is 4.31 Å². The van der Waals surface area contributed by atoms with Gasteiger partial charge in [0.25, 0.3) is 0 Å². The van der Waals surface area contributed by atoms with Crippen LogP contribution < -0.4 is 0 Å². The Bertz CT molecular complexity index is 679. The maximum absolute atomic E-state index is 12.5. The van der Waals surface area contributed by atoms with Crippen LogP contribution in [0.3, 0.4) is 0 Å². The number of benzene rings is 1. The predicted octanol–water partition coefficient (Wildman–Crippen LogP) is 3.64. The molecule has 0 radical (unpaired) electrons. The van der Waals surface area contributed by atoms with E-state index in [1.165, 1.54) is 4.31 Å². The Morgan fingerprint density at radius 2 is 2.00 bits per heavy atom. The molecule has 0 saturated heterocycles. The summed E-state index contributed by atoms with van der Waals surface area (Å²) in [6.45, 7) is 2.19. The topological polar surface area (TPSA) is 37.4 Å². The van der Waals surface area contributed by atoms with E-state index in [-0.39, 0.29) is 0 Å². The molecule has 2 aromatic rings. The van der Waals surface area contributed by atoms with Gasteiger partial charge in [-0.05, 0) is 40.5 Å². The molecule has 0 aliphatic carbocycles. The van der Waals surface area contributed by atoms with Crippen molar-refractivity contribution < 1.29 is 8.42 Å². The van der Waals surface area contributed by atoms with E-state index in [4.69, 9.17) is 0 Å². The van der Waals surface area contributed by atoms with E-state index in [9.17, 15) is 8.42 Å². The molecule has 6 heteroatoms. The van der Waals surface area contributed by atoms with Crippen molar-refractivity contribution in [3.8, 4) is 0 Å². The Morgan fingerprint density at radius 1 is 1.32 bits per heavy atom. The maximum Gasteiger partial charge on any atom is 0.243 e. The molecule has 3 nitrogen and oxygen atoms in total. The molecule has 19 heavy (non-hydrogen) atoms. The van der Waals surface area contributed by atoms with Crippen LogP contribution in [0, 0.1) is 6.92 Å². The molecule has 1 aromatic carbocycles. The van der Waals surface area contributed by atoms with E-state index >= 15 is 0 Å². The largest absolute Gasteiger partial charge is 0.243 e. The zero-order valence-electron chi connectivity index (χ0n) is 10.6. The standard InChI is InChI=1S/C13H14BrNO2S2/c1-10-5-3-4-6-13(10)19(16,17)15(2)8-12-7-11(14)9-18-12/h3-7,9H,8H2,1-2H3. The van der Waals surface area contributed by atoms with Crippen molar-refractivity contribution in [3.63, 3.8) is 0 Å². The highest BCUT2D eigenvalue weighted by Crippen LogP contribution is 2.24. The first-order valence-corrected chi connectivity index (χ1v) is 8.77. The number of hydrogen-bond donors (Lipinski definition) is 0. The third-order valence-electron chi connectivity index (χ3n) is 2.78. The molecular formula is C13H14BrNO2S2. The zero-order chi connectivity index (χ0) is 14.0. The Labute approximate surface area is 126 Å². The normalized spacial score (nSPS) is 12.0. The number of rotatable bonds is 4. The molecule has 1 aromatic heterocycles. The van der Waals surface area contributed by atoms with Crippen LogP contribution in [0.1, 0.15) is 10.4 Å². The van der Waals surface area contributed by atoms with Gasteiger partial charge in [-0.15, -0.1) is 11.3 Å². The highest BCUT2D eigenvalue weighted by molar-refractivity contribution is 9.10. The van der Waals surface area contributed by atoms with Gasteiger partial charge in [-0.3, -0.25) is 0 Å². The van der Waals surface area contributed by atoms with Gasteiger partial charge in [0, 0.05) is 28.3 Å².